The number of hydrogen-bond acceptors (Lipinski definition) is 13. The molecule has 2 aliphatic heterocycles. The van der Waals surface area contributed by atoms with Crippen molar-refractivity contribution in [3.63, 3.8) is 0 Å². The van der Waals surface area contributed by atoms with Crippen LogP contribution in [0.3, 0.4) is 0 Å². The fourth-order valence-electron chi connectivity index (χ4n) is 5.10. The van der Waals surface area contributed by atoms with Gasteiger partial charge in [0.15, 0.2) is 11.5 Å². The van der Waals surface area contributed by atoms with Gasteiger partial charge in [0.1, 0.15) is 36.3 Å². The maximum Gasteiger partial charge on any atom is 0.330 e. The summed E-state index contributed by atoms with van der Waals surface area (Å²) in [6.45, 7) is -0.00874. The van der Waals surface area contributed by atoms with Crippen molar-refractivity contribution in [2.75, 3.05) is 18.9 Å². The van der Waals surface area contributed by atoms with Gasteiger partial charge in [-0.15, -0.1) is 0 Å². The Labute approximate surface area is 201 Å². The Kier molecular flexibility index (Phi) is 5.71. The molecule has 0 amide bonds. The monoisotopic (exact) mass is 507 g/mol. The van der Waals surface area contributed by atoms with Gasteiger partial charge >= 0.3 is 5.69 Å². The van der Waals surface area contributed by atoms with Gasteiger partial charge in [-0.25, -0.2) is 19.7 Å². The van der Waals surface area contributed by atoms with E-state index in [1.54, 1.807) is 0 Å². The van der Waals surface area contributed by atoms with Crippen LogP contribution in [0.4, 0.5) is 5.82 Å². The van der Waals surface area contributed by atoms with Crippen molar-refractivity contribution in [1.29, 1.82) is 0 Å². The van der Waals surface area contributed by atoms with Crippen molar-refractivity contribution in [3.05, 3.63) is 45.3 Å². The number of ether oxygens (including phenoxy) is 2. The summed E-state index contributed by atoms with van der Waals surface area (Å²) in [5, 5.41) is 53.0. The topological polar surface area (TPSA) is 244 Å². The molecule has 8 N–H and O–H groups in total. The highest BCUT2D eigenvalue weighted by molar-refractivity contribution is 5.81. The third-order valence-corrected chi connectivity index (χ3v) is 6.85. The van der Waals surface area contributed by atoms with Gasteiger partial charge in [-0.05, 0) is 6.92 Å². The number of H-pyrrole nitrogens is 1. The van der Waals surface area contributed by atoms with Gasteiger partial charge in [-0.1, -0.05) is 0 Å². The Balaban J connectivity index is 1.91. The maximum atomic E-state index is 13.2. The van der Waals surface area contributed by atoms with Crippen molar-refractivity contribution in [1.82, 2.24) is 29.1 Å². The first kappa shape index (κ1) is 24.4. The Morgan fingerprint density at radius 3 is 2.47 bits per heavy atom. The minimum Gasteiger partial charge on any atom is -0.394 e. The van der Waals surface area contributed by atoms with Crippen LogP contribution < -0.4 is 17.0 Å². The molecule has 0 bridgehead atoms. The molecular formula is C20H25N7O9. The minimum atomic E-state index is -2.34. The van der Waals surface area contributed by atoms with Crippen LogP contribution >= 0.6 is 0 Å². The third-order valence-electron chi connectivity index (χ3n) is 6.85. The number of aliphatic hydroxyl groups excluding tert-OH is 5. The predicted octanol–water partition coefficient (Wildman–Crippen LogP) is -4.17. The number of fused-ring (bicyclic) bond motifs is 1. The second-order valence-corrected chi connectivity index (χ2v) is 8.85. The molecule has 0 spiro atoms. The summed E-state index contributed by atoms with van der Waals surface area (Å²) >= 11 is 0. The Morgan fingerprint density at radius 2 is 1.83 bits per heavy atom. The molecule has 2 fully saturated rings. The van der Waals surface area contributed by atoms with E-state index in [-0.39, 0.29) is 22.5 Å². The van der Waals surface area contributed by atoms with Crippen LogP contribution in [0.25, 0.3) is 11.2 Å². The first-order chi connectivity index (χ1) is 17.1. The number of nitrogens with two attached hydrogens (primary N) is 1. The van der Waals surface area contributed by atoms with Crippen LogP contribution in [0.5, 0.6) is 0 Å². The van der Waals surface area contributed by atoms with Gasteiger partial charge < -0.3 is 40.7 Å². The SMILES string of the molecule is Cc1cn([C@@]2([C@@]3(n4cnc5c(N)ncnc54)O[C@H](CO)[C@@H](O)[C@H]3O)C[C@H](O)[C@@H](CO)O2)c(=O)[nH]c1=O. The van der Waals surface area contributed by atoms with E-state index in [0.717, 1.165) is 17.1 Å². The molecule has 0 saturated carbocycles. The summed E-state index contributed by atoms with van der Waals surface area (Å²) in [5.41, 5.74) is -0.138. The predicted molar refractivity (Wildman–Crippen MR) is 118 cm³/mol. The standard InChI is InChI=1S/C20H25N7O9/c1-8-3-26(18(34)25-17(8)33)19(2-9(30)10(4-28)35-19)20(14(32)13(31)11(5-29)36-20)27-7-24-12-15(21)22-6-23-16(12)27/h3,6-7,9-11,13-14,28-32H,2,4-5H2,1H3,(H2,21,22,23)(H,25,33,34)/t9-,10+,11+,13+,14+,19-,20-/m0/s1. The van der Waals surface area contributed by atoms with E-state index in [1.807, 2.05) is 0 Å². The van der Waals surface area contributed by atoms with Crippen LogP contribution in [-0.4, -0.2) is 98.3 Å². The highest BCUT2D eigenvalue weighted by atomic mass is 16.6. The molecule has 16 heteroatoms. The van der Waals surface area contributed by atoms with Crippen LogP contribution in [0.1, 0.15) is 12.0 Å². The Bertz CT molecular complexity index is 1420. The number of aryl methyl sites for hydroxylation is 1. The molecule has 3 aromatic rings. The molecule has 16 nitrogen and oxygen atoms in total. The number of aromatic amines is 1. The molecule has 36 heavy (non-hydrogen) atoms. The normalized spacial score (nSPS) is 34.6. The fraction of sp³-hybridized carbons (Fsp3) is 0.550. The van der Waals surface area contributed by atoms with Gasteiger partial charge in [0.2, 0.25) is 11.4 Å². The molecule has 0 aromatic carbocycles. The van der Waals surface area contributed by atoms with Crippen LogP contribution in [0.2, 0.25) is 0 Å². The third kappa shape index (κ3) is 3.10. The molecular weight excluding hydrogens is 482 g/mol. The first-order valence-electron chi connectivity index (χ1n) is 11.0. The van der Waals surface area contributed by atoms with E-state index in [1.165, 1.54) is 17.8 Å². The molecule has 7 atom stereocenters. The van der Waals surface area contributed by atoms with Gasteiger partial charge in [-0.3, -0.25) is 18.9 Å². The van der Waals surface area contributed by atoms with Crippen molar-refractivity contribution in [2.24, 2.45) is 0 Å². The smallest absolute Gasteiger partial charge is 0.330 e. The molecule has 0 unspecified atom stereocenters. The summed E-state index contributed by atoms with van der Waals surface area (Å²) in [4.78, 5) is 39.7. The number of rotatable bonds is 5. The van der Waals surface area contributed by atoms with E-state index < -0.39 is 72.9 Å². The lowest BCUT2D eigenvalue weighted by Crippen LogP contribution is -2.65. The molecule has 0 radical (unpaired) electrons. The fourth-order valence-corrected chi connectivity index (χ4v) is 5.10. The molecule has 2 saturated heterocycles. The van der Waals surface area contributed by atoms with Crippen LogP contribution in [-0.2, 0) is 20.9 Å². The summed E-state index contributed by atoms with van der Waals surface area (Å²) in [6, 6.07) is 0. The van der Waals surface area contributed by atoms with Crippen molar-refractivity contribution in [3.8, 4) is 0 Å². The first-order valence-corrected chi connectivity index (χ1v) is 11.0. The van der Waals surface area contributed by atoms with Crippen LogP contribution in [0, 0.1) is 6.92 Å². The number of anilines is 1. The quantitative estimate of drug-likeness (QED) is 0.173. The molecule has 3 aromatic heterocycles. The summed E-state index contributed by atoms with van der Waals surface area (Å²) < 4.78 is 14.3. The zero-order chi connectivity index (χ0) is 26.0. The van der Waals surface area contributed by atoms with Crippen molar-refractivity contribution >= 4 is 17.0 Å². The number of nitrogens with one attached hydrogen (secondary N) is 1. The van der Waals surface area contributed by atoms with E-state index in [0.29, 0.717) is 0 Å². The summed E-state index contributed by atoms with van der Waals surface area (Å²) in [6.07, 6.45) is -4.71. The Hall–Kier alpha value is -3.25. The lowest BCUT2D eigenvalue weighted by Gasteiger charge is -2.47. The zero-order valence-corrected chi connectivity index (χ0v) is 18.9. The summed E-state index contributed by atoms with van der Waals surface area (Å²) in [5.74, 6) is -0.0210. The largest absolute Gasteiger partial charge is 0.394 e. The van der Waals surface area contributed by atoms with Crippen LogP contribution in [0.15, 0.2) is 28.4 Å². The second-order valence-electron chi connectivity index (χ2n) is 8.85. The van der Waals surface area contributed by atoms with E-state index in [2.05, 4.69) is 19.9 Å². The zero-order valence-electron chi connectivity index (χ0n) is 18.9. The van der Waals surface area contributed by atoms with E-state index >= 15 is 0 Å². The van der Waals surface area contributed by atoms with Crippen molar-refractivity contribution < 1.29 is 35.0 Å². The molecule has 194 valence electrons. The Morgan fingerprint density at radius 1 is 1.11 bits per heavy atom. The molecule has 5 rings (SSSR count). The molecule has 5 heterocycles. The van der Waals surface area contributed by atoms with Gasteiger partial charge in [0.05, 0.1) is 25.6 Å². The second kappa shape index (κ2) is 8.41. The van der Waals surface area contributed by atoms with Gasteiger partial charge in [0, 0.05) is 18.2 Å². The van der Waals surface area contributed by atoms with E-state index in [9.17, 15) is 35.1 Å². The van der Waals surface area contributed by atoms with Crippen molar-refractivity contribution in [2.45, 2.75) is 55.3 Å². The van der Waals surface area contributed by atoms with E-state index in [4.69, 9.17) is 15.2 Å². The number of imidazole rings is 1. The van der Waals surface area contributed by atoms with Gasteiger partial charge in [-0.2, -0.15) is 0 Å². The van der Waals surface area contributed by atoms with Gasteiger partial charge in [0.25, 0.3) is 5.56 Å². The number of nitrogens with zero attached hydrogens (tertiary/aromatic N) is 5. The molecule has 0 aliphatic carbocycles. The lowest BCUT2D eigenvalue weighted by molar-refractivity contribution is -0.305. The highest BCUT2D eigenvalue weighted by Crippen LogP contribution is 2.54. The number of nitrogen functional groups attached to an aromatic ring is 1. The minimum absolute atomic E-state index is 0.00597. The lowest BCUT2D eigenvalue weighted by atomic mass is 9.87. The molecule has 2 aliphatic rings. The average molecular weight is 507 g/mol. The number of hydrogen-bond donors (Lipinski definition) is 7. The number of aromatic nitrogens is 6. The highest BCUT2D eigenvalue weighted by Gasteiger charge is 2.72. The number of aliphatic hydroxyl groups is 5. The maximum absolute atomic E-state index is 13.2. The average Bonchev–Trinajstić information content (AvgIpc) is 3.51. The summed E-state index contributed by atoms with van der Waals surface area (Å²) in [7, 11) is 0.